The molecule has 6 nitrogen and oxygen atoms in total. The normalized spacial score (nSPS) is 12.4. The van der Waals surface area contributed by atoms with Crippen molar-refractivity contribution in [2.75, 3.05) is 13.2 Å². The largest absolute Gasteiger partial charge is 0.462 e. The molecule has 0 radical (unpaired) electrons. The van der Waals surface area contributed by atoms with E-state index < -0.39 is 6.10 Å². The molecular weight excluding hydrogens is 853 g/mol. The Morgan fingerprint density at radius 3 is 0.870 bits per heavy atom. The van der Waals surface area contributed by atoms with E-state index in [1.807, 2.05) is 24.3 Å². The number of rotatable bonds is 54. The fourth-order valence-corrected chi connectivity index (χ4v) is 8.65. The third-order valence-electron chi connectivity index (χ3n) is 13.1. The second-order valence-electron chi connectivity index (χ2n) is 20.0. The van der Waals surface area contributed by atoms with Crippen LogP contribution in [0.1, 0.15) is 303 Å². The highest BCUT2D eigenvalue weighted by Gasteiger charge is 2.19. The van der Waals surface area contributed by atoms with Crippen molar-refractivity contribution in [3.8, 4) is 0 Å². The molecule has 0 saturated carbocycles. The fraction of sp³-hybridized carbons (Fsp3) is 0.794. The smallest absolute Gasteiger partial charge is 0.306 e. The first-order chi connectivity index (χ1) is 34.0. The minimum atomic E-state index is -0.782. The van der Waals surface area contributed by atoms with E-state index in [4.69, 9.17) is 14.2 Å². The summed E-state index contributed by atoms with van der Waals surface area (Å²) in [5.74, 6) is -0.886. The molecule has 0 aromatic rings. The van der Waals surface area contributed by atoms with Gasteiger partial charge in [0.25, 0.3) is 0 Å². The monoisotopic (exact) mass is 965 g/mol. The molecule has 0 aromatic carbocycles. The van der Waals surface area contributed by atoms with Crippen LogP contribution in [-0.4, -0.2) is 37.2 Å². The lowest BCUT2D eigenvalue weighted by molar-refractivity contribution is -0.167. The van der Waals surface area contributed by atoms with E-state index in [9.17, 15) is 14.4 Å². The van der Waals surface area contributed by atoms with Crippen LogP contribution in [0.4, 0.5) is 0 Å². The Kier molecular flexibility index (Phi) is 55.3. The molecule has 0 aliphatic heterocycles. The molecule has 0 aliphatic carbocycles. The van der Waals surface area contributed by atoms with Gasteiger partial charge in [0.2, 0.25) is 0 Å². The second kappa shape index (κ2) is 57.7. The van der Waals surface area contributed by atoms with Gasteiger partial charge in [0.1, 0.15) is 13.2 Å². The summed E-state index contributed by atoms with van der Waals surface area (Å²) in [6.45, 7) is 6.58. The average Bonchev–Trinajstić information content (AvgIpc) is 3.35. The topological polar surface area (TPSA) is 78.9 Å². The van der Waals surface area contributed by atoms with Gasteiger partial charge in [0.05, 0.1) is 0 Å². The summed E-state index contributed by atoms with van der Waals surface area (Å²) in [4.78, 5) is 38.2. The van der Waals surface area contributed by atoms with Gasteiger partial charge in [-0.3, -0.25) is 14.4 Å². The molecule has 1 unspecified atom stereocenters. The van der Waals surface area contributed by atoms with Crippen LogP contribution in [0.25, 0.3) is 0 Å². The summed E-state index contributed by atoms with van der Waals surface area (Å²) in [6.07, 6.45) is 72.0. The molecule has 0 bridgehead atoms. The zero-order chi connectivity index (χ0) is 50.0. The van der Waals surface area contributed by atoms with E-state index in [1.54, 1.807) is 0 Å². The van der Waals surface area contributed by atoms with Gasteiger partial charge in [-0.15, -0.1) is 0 Å². The predicted molar refractivity (Wildman–Crippen MR) is 298 cm³/mol. The zero-order valence-corrected chi connectivity index (χ0v) is 45.8. The summed E-state index contributed by atoms with van der Waals surface area (Å²) in [5.41, 5.74) is 0. The number of carbonyl (C=O) groups excluding carboxylic acids is 3. The van der Waals surface area contributed by atoms with Gasteiger partial charge in [-0.25, -0.2) is 0 Å². The minimum Gasteiger partial charge on any atom is -0.462 e. The molecule has 0 amide bonds. The van der Waals surface area contributed by atoms with Gasteiger partial charge in [-0.2, -0.15) is 0 Å². The zero-order valence-electron chi connectivity index (χ0n) is 45.8. The number of ether oxygens (including phenoxy) is 3. The SMILES string of the molecule is CCC\C=C/C=C\C=C/C=C\C=C/CCCCCCCC(=O)OCC(COC(=O)CCCCCCCCCCCCCCCCCC)OC(=O)CCCCCCCCCCCCCCCCCCC. The number of hydrogen-bond donors (Lipinski definition) is 0. The maximum Gasteiger partial charge on any atom is 0.306 e. The average molecular weight is 966 g/mol. The number of carbonyl (C=O) groups is 3. The van der Waals surface area contributed by atoms with Gasteiger partial charge in [-0.1, -0.05) is 306 Å². The van der Waals surface area contributed by atoms with E-state index in [0.29, 0.717) is 19.3 Å². The first-order valence-corrected chi connectivity index (χ1v) is 29.9. The number of hydrogen-bond acceptors (Lipinski definition) is 6. The predicted octanol–water partition coefficient (Wildman–Crippen LogP) is 20.0. The van der Waals surface area contributed by atoms with Crippen molar-refractivity contribution in [1.82, 2.24) is 0 Å². The Balaban J connectivity index is 4.40. The van der Waals surface area contributed by atoms with E-state index in [-0.39, 0.29) is 31.1 Å². The third-order valence-corrected chi connectivity index (χ3v) is 13.1. The lowest BCUT2D eigenvalue weighted by Gasteiger charge is -2.18. The highest BCUT2D eigenvalue weighted by atomic mass is 16.6. The molecule has 400 valence electrons. The summed E-state index contributed by atoms with van der Waals surface area (Å²) in [6, 6.07) is 0. The molecule has 0 spiro atoms. The van der Waals surface area contributed by atoms with Crippen LogP contribution in [0.3, 0.4) is 0 Å². The van der Waals surface area contributed by atoms with Crippen LogP contribution in [0.2, 0.25) is 0 Å². The Labute approximate surface area is 428 Å². The van der Waals surface area contributed by atoms with Gasteiger partial charge in [-0.05, 0) is 38.5 Å². The summed E-state index contributed by atoms with van der Waals surface area (Å²) in [5, 5.41) is 0. The lowest BCUT2D eigenvalue weighted by Crippen LogP contribution is -2.30. The minimum absolute atomic E-state index is 0.0783. The maximum atomic E-state index is 12.9. The van der Waals surface area contributed by atoms with E-state index in [2.05, 4.69) is 57.2 Å². The molecule has 1 atom stereocenters. The van der Waals surface area contributed by atoms with Gasteiger partial charge >= 0.3 is 17.9 Å². The van der Waals surface area contributed by atoms with Crippen LogP contribution >= 0.6 is 0 Å². The van der Waals surface area contributed by atoms with Crippen LogP contribution in [0, 0.1) is 0 Å². The van der Waals surface area contributed by atoms with Crippen molar-refractivity contribution in [2.45, 2.75) is 309 Å². The van der Waals surface area contributed by atoms with Gasteiger partial charge in [0, 0.05) is 19.3 Å². The lowest BCUT2D eigenvalue weighted by atomic mass is 10.0. The fourth-order valence-electron chi connectivity index (χ4n) is 8.65. The molecule has 6 heteroatoms. The van der Waals surface area contributed by atoms with Crippen LogP contribution in [0.5, 0.6) is 0 Å². The summed E-state index contributed by atoms with van der Waals surface area (Å²) >= 11 is 0. The third kappa shape index (κ3) is 55.9. The van der Waals surface area contributed by atoms with Crippen molar-refractivity contribution in [1.29, 1.82) is 0 Å². The second-order valence-corrected chi connectivity index (χ2v) is 20.0. The molecule has 0 rings (SSSR count). The molecule has 69 heavy (non-hydrogen) atoms. The first-order valence-electron chi connectivity index (χ1n) is 29.9. The summed E-state index contributed by atoms with van der Waals surface area (Å²) < 4.78 is 16.9. The number of allylic oxidation sites excluding steroid dienone is 10. The Hall–Kier alpha value is -2.89. The molecule has 0 aromatic heterocycles. The Morgan fingerprint density at radius 2 is 0.551 bits per heavy atom. The molecular formula is C63H112O6. The van der Waals surface area contributed by atoms with Crippen molar-refractivity contribution in [3.63, 3.8) is 0 Å². The standard InChI is InChI=1S/C63H112O6/c1-4-7-10-13-16-19-22-25-28-31-33-35-38-41-44-47-50-53-56-62(65)68-59-60(58-67-61(64)55-52-49-46-43-40-37-34-30-27-24-21-18-15-12-9-6-3)69-63(66)57-54-51-48-45-42-39-36-32-29-26-23-20-17-14-11-8-5-2/h10,13,16,19,22,25,28,31,33,35,60H,4-9,11-12,14-15,17-18,20-21,23-24,26-27,29-30,32,34,36-59H2,1-3H3/b13-10-,19-16-,25-22-,31-28-,35-33-. The number of esters is 3. The maximum absolute atomic E-state index is 12.9. The Bertz CT molecular complexity index is 1250. The van der Waals surface area contributed by atoms with E-state index >= 15 is 0 Å². The first kappa shape index (κ1) is 66.1. The van der Waals surface area contributed by atoms with Gasteiger partial charge in [0.15, 0.2) is 6.10 Å². The van der Waals surface area contributed by atoms with E-state index in [0.717, 1.165) is 83.5 Å². The Morgan fingerprint density at radius 1 is 0.290 bits per heavy atom. The summed E-state index contributed by atoms with van der Waals surface area (Å²) in [7, 11) is 0. The molecule has 0 saturated heterocycles. The van der Waals surface area contributed by atoms with Crippen LogP contribution < -0.4 is 0 Å². The van der Waals surface area contributed by atoms with Crippen molar-refractivity contribution >= 4 is 17.9 Å². The van der Waals surface area contributed by atoms with Crippen LogP contribution in [-0.2, 0) is 28.6 Å². The number of unbranched alkanes of at least 4 members (excludes halogenated alkanes) is 37. The highest BCUT2D eigenvalue weighted by molar-refractivity contribution is 5.71. The van der Waals surface area contributed by atoms with Crippen molar-refractivity contribution in [3.05, 3.63) is 60.8 Å². The van der Waals surface area contributed by atoms with Crippen molar-refractivity contribution < 1.29 is 28.6 Å². The van der Waals surface area contributed by atoms with Crippen molar-refractivity contribution in [2.24, 2.45) is 0 Å². The van der Waals surface area contributed by atoms with Crippen LogP contribution in [0.15, 0.2) is 60.8 Å². The van der Waals surface area contributed by atoms with E-state index in [1.165, 1.54) is 180 Å². The molecule has 0 aliphatic rings. The molecule has 0 heterocycles. The van der Waals surface area contributed by atoms with Gasteiger partial charge < -0.3 is 14.2 Å². The molecule has 0 fully saturated rings. The highest BCUT2D eigenvalue weighted by Crippen LogP contribution is 2.17. The molecule has 0 N–H and O–H groups in total. The quantitative estimate of drug-likeness (QED) is 0.0262.